The van der Waals surface area contributed by atoms with Gasteiger partial charge in [0.05, 0.1) is 20.1 Å². The van der Waals surface area contributed by atoms with Gasteiger partial charge in [0.15, 0.2) is 11.5 Å². The number of carbonyl (C=O) groups excluding carboxylic acids is 2. The molecule has 0 spiro atoms. The SMILES string of the molecule is COC(=O)CC1(C)N=C(N)N(Cc2cccc(O)c2)C1=O. The van der Waals surface area contributed by atoms with Gasteiger partial charge in [0, 0.05) is 0 Å². The number of aromatic hydroxyl groups is 1. The minimum absolute atomic E-state index is 0.0507. The Bertz CT molecular complexity index is 614. The van der Waals surface area contributed by atoms with E-state index in [9.17, 15) is 14.7 Å². The summed E-state index contributed by atoms with van der Waals surface area (Å²) in [4.78, 5) is 29.2. The number of phenolic OH excluding ortho intramolecular Hbond substituents is 1. The fraction of sp³-hybridized carbons (Fsp3) is 0.357. The quantitative estimate of drug-likeness (QED) is 0.780. The van der Waals surface area contributed by atoms with Crippen LogP contribution < -0.4 is 5.73 Å². The van der Waals surface area contributed by atoms with Crippen molar-refractivity contribution in [2.75, 3.05) is 7.11 Å². The number of guanidine groups is 1. The Balaban J connectivity index is 2.18. The molecule has 0 aromatic heterocycles. The van der Waals surface area contributed by atoms with Gasteiger partial charge in [0.25, 0.3) is 5.91 Å². The second-order valence-electron chi connectivity index (χ2n) is 5.06. The Morgan fingerprint density at radius 3 is 2.86 bits per heavy atom. The van der Waals surface area contributed by atoms with Gasteiger partial charge in [-0.3, -0.25) is 14.5 Å². The van der Waals surface area contributed by atoms with E-state index in [-0.39, 0.29) is 30.6 Å². The molecule has 1 amide bonds. The Morgan fingerprint density at radius 2 is 2.24 bits per heavy atom. The van der Waals surface area contributed by atoms with E-state index < -0.39 is 11.5 Å². The van der Waals surface area contributed by atoms with Gasteiger partial charge in [0.1, 0.15) is 5.75 Å². The molecule has 2 rings (SSSR count). The second kappa shape index (κ2) is 5.43. The summed E-state index contributed by atoms with van der Waals surface area (Å²) in [5, 5.41) is 9.45. The third kappa shape index (κ3) is 2.96. The van der Waals surface area contributed by atoms with Crippen molar-refractivity contribution in [2.24, 2.45) is 10.7 Å². The highest BCUT2D eigenvalue weighted by Gasteiger charge is 2.45. The number of amides is 1. The van der Waals surface area contributed by atoms with Crippen molar-refractivity contribution >= 4 is 17.8 Å². The summed E-state index contributed by atoms with van der Waals surface area (Å²) in [6.07, 6.45) is -0.167. The molecule has 7 nitrogen and oxygen atoms in total. The molecule has 21 heavy (non-hydrogen) atoms. The molecule has 1 aliphatic heterocycles. The highest BCUT2D eigenvalue weighted by Crippen LogP contribution is 2.27. The van der Waals surface area contributed by atoms with Crippen LogP contribution in [-0.2, 0) is 20.9 Å². The molecule has 1 unspecified atom stereocenters. The van der Waals surface area contributed by atoms with Crippen molar-refractivity contribution in [1.29, 1.82) is 0 Å². The summed E-state index contributed by atoms with van der Waals surface area (Å²) < 4.78 is 4.58. The molecule has 1 heterocycles. The van der Waals surface area contributed by atoms with Crippen LogP contribution in [0, 0.1) is 0 Å². The smallest absolute Gasteiger partial charge is 0.308 e. The molecule has 112 valence electrons. The molecule has 0 radical (unpaired) electrons. The van der Waals surface area contributed by atoms with Gasteiger partial charge >= 0.3 is 5.97 Å². The van der Waals surface area contributed by atoms with Crippen molar-refractivity contribution in [2.45, 2.75) is 25.4 Å². The summed E-state index contributed by atoms with van der Waals surface area (Å²) in [6, 6.07) is 6.51. The topological polar surface area (TPSA) is 105 Å². The van der Waals surface area contributed by atoms with Crippen LogP contribution in [0.15, 0.2) is 29.3 Å². The Labute approximate surface area is 122 Å². The summed E-state index contributed by atoms with van der Waals surface area (Å²) in [5.74, 6) is -0.739. The monoisotopic (exact) mass is 291 g/mol. The molecular formula is C14H17N3O4. The highest BCUT2D eigenvalue weighted by atomic mass is 16.5. The zero-order valence-corrected chi connectivity index (χ0v) is 11.9. The first-order valence-corrected chi connectivity index (χ1v) is 6.38. The lowest BCUT2D eigenvalue weighted by molar-refractivity contribution is -0.145. The number of rotatable bonds is 4. The summed E-state index contributed by atoms with van der Waals surface area (Å²) in [6.45, 7) is 1.72. The molecule has 3 N–H and O–H groups in total. The van der Waals surface area contributed by atoms with E-state index in [1.165, 1.54) is 24.1 Å². The maximum absolute atomic E-state index is 12.4. The largest absolute Gasteiger partial charge is 0.508 e. The number of esters is 1. The molecule has 0 aliphatic carbocycles. The van der Waals surface area contributed by atoms with E-state index in [2.05, 4.69) is 9.73 Å². The van der Waals surface area contributed by atoms with E-state index in [1.54, 1.807) is 19.1 Å². The first-order chi connectivity index (χ1) is 9.85. The number of nitrogens with zero attached hydrogens (tertiary/aromatic N) is 2. The van der Waals surface area contributed by atoms with Crippen LogP contribution in [0.2, 0.25) is 0 Å². The molecule has 0 bridgehead atoms. The number of methoxy groups -OCH3 is 1. The zero-order chi connectivity index (χ0) is 15.6. The van der Waals surface area contributed by atoms with Crippen molar-refractivity contribution in [3.05, 3.63) is 29.8 Å². The first kappa shape index (κ1) is 14.8. The summed E-state index contributed by atoms with van der Waals surface area (Å²) >= 11 is 0. The summed E-state index contributed by atoms with van der Waals surface area (Å²) in [7, 11) is 1.25. The van der Waals surface area contributed by atoms with Crippen molar-refractivity contribution in [3.8, 4) is 5.75 Å². The zero-order valence-electron chi connectivity index (χ0n) is 11.9. The minimum atomic E-state index is -1.24. The molecular weight excluding hydrogens is 274 g/mol. The first-order valence-electron chi connectivity index (χ1n) is 6.38. The van der Waals surface area contributed by atoms with Crippen LogP contribution in [0.1, 0.15) is 18.9 Å². The summed E-state index contributed by atoms with van der Waals surface area (Å²) in [5.41, 5.74) is 5.26. The number of benzene rings is 1. The lowest BCUT2D eigenvalue weighted by Crippen LogP contribution is -2.43. The molecule has 0 fully saturated rings. The predicted octanol–water partition coefficient (Wildman–Crippen LogP) is 0.371. The molecule has 7 heteroatoms. The molecule has 0 saturated heterocycles. The molecule has 1 aliphatic rings. The predicted molar refractivity (Wildman–Crippen MR) is 75.3 cm³/mol. The van der Waals surface area contributed by atoms with Crippen LogP contribution in [0.3, 0.4) is 0 Å². The van der Waals surface area contributed by atoms with E-state index in [0.717, 1.165) is 0 Å². The number of nitrogens with two attached hydrogens (primary N) is 1. The van der Waals surface area contributed by atoms with Gasteiger partial charge in [-0.05, 0) is 24.6 Å². The second-order valence-corrected chi connectivity index (χ2v) is 5.06. The maximum atomic E-state index is 12.4. The lowest BCUT2D eigenvalue weighted by atomic mass is 9.98. The van der Waals surface area contributed by atoms with Crippen molar-refractivity contribution in [3.63, 3.8) is 0 Å². The van der Waals surface area contributed by atoms with E-state index >= 15 is 0 Å². The average Bonchev–Trinajstić information content (AvgIpc) is 2.62. The molecule has 1 aromatic carbocycles. The fourth-order valence-corrected chi connectivity index (χ4v) is 2.21. The maximum Gasteiger partial charge on any atom is 0.308 e. The van der Waals surface area contributed by atoms with Gasteiger partial charge < -0.3 is 15.6 Å². The van der Waals surface area contributed by atoms with Crippen LogP contribution in [0.5, 0.6) is 5.75 Å². The lowest BCUT2D eigenvalue weighted by Gasteiger charge is -2.21. The van der Waals surface area contributed by atoms with Crippen LogP contribution >= 0.6 is 0 Å². The number of hydrogen-bond donors (Lipinski definition) is 2. The van der Waals surface area contributed by atoms with Gasteiger partial charge in [-0.25, -0.2) is 4.99 Å². The average molecular weight is 291 g/mol. The fourth-order valence-electron chi connectivity index (χ4n) is 2.21. The van der Waals surface area contributed by atoms with Crippen molar-refractivity contribution < 1.29 is 19.4 Å². The molecule has 0 saturated carbocycles. The Kier molecular flexibility index (Phi) is 3.84. The third-order valence-corrected chi connectivity index (χ3v) is 3.31. The van der Waals surface area contributed by atoms with Crippen LogP contribution in [0.25, 0.3) is 0 Å². The van der Waals surface area contributed by atoms with E-state index in [1.807, 2.05) is 0 Å². The van der Waals surface area contributed by atoms with Crippen molar-refractivity contribution in [1.82, 2.24) is 4.90 Å². The van der Waals surface area contributed by atoms with Gasteiger partial charge in [-0.15, -0.1) is 0 Å². The number of aliphatic imine (C=N–C) groups is 1. The number of carbonyl (C=O) groups is 2. The Morgan fingerprint density at radius 1 is 1.52 bits per heavy atom. The van der Waals surface area contributed by atoms with Gasteiger partial charge in [0.2, 0.25) is 0 Å². The van der Waals surface area contributed by atoms with Crippen LogP contribution in [-0.4, -0.2) is 40.5 Å². The Hall–Kier alpha value is -2.57. The standard InChI is InChI=1S/C14H17N3O4/c1-14(7-11(19)21-2)12(20)17(13(15)16-14)8-9-4-3-5-10(18)6-9/h3-6,18H,7-8H2,1-2H3,(H2,15,16). The number of phenols is 1. The molecule has 1 aromatic rings. The van der Waals surface area contributed by atoms with Crippen LogP contribution in [0.4, 0.5) is 0 Å². The normalized spacial score (nSPS) is 21.3. The van der Waals surface area contributed by atoms with Gasteiger partial charge in [-0.1, -0.05) is 12.1 Å². The van der Waals surface area contributed by atoms with E-state index in [0.29, 0.717) is 5.56 Å². The molecule has 1 atom stereocenters. The third-order valence-electron chi connectivity index (χ3n) is 3.31. The number of ether oxygens (including phenoxy) is 1. The highest BCUT2D eigenvalue weighted by molar-refractivity contribution is 6.07. The number of hydrogen-bond acceptors (Lipinski definition) is 6. The van der Waals surface area contributed by atoms with E-state index in [4.69, 9.17) is 5.73 Å². The minimum Gasteiger partial charge on any atom is -0.508 e. The van der Waals surface area contributed by atoms with Gasteiger partial charge in [-0.2, -0.15) is 0 Å².